The van der Waals surface area contributed by atoms with Crippen LogP contribution in [0.2, 0.25) is 0 Å². The molecule has 0 saturated carbocycles. The van der Waals surface area contributed by atoms with Crippen LogP contribution in [0.25, 0.3) is 16.9 Å². The topological polar surface area (TPSA) is 55.6 Å². The summed E-state index contributed by atoms with van der Waals surface area (Å²) in [6.07, 6.45) is 0. The molecule has 2 aromatic heterocycles. The lowest BCUT2D eigenvalue weighted by Gasteiger charge is -2.08. The number of pyridine rings is 1. The Morgan fingerprint density at radius 2 is 1.95 bits per heavy atom. The Morgan fingerprint density at radius 3 is 2.81 bits per heavy atom. The number of hydrogen-bond donors (Lipinski definition) is 1. The molecule has 0 aliphatic rings. The molecule has 21 heavy (non-hydrogen) atoms. The molecule has 0 saturated heterocycles. The Balaban J connectivity index is 1.85. The third-order valence-electron chi connectivity index (χ3n) is 3.22. The summed E-state index contributed by atoms with van der Waals surface area (Å²) in [6.45, 7) is 6.13. The number of aromatic nitrogens is 4. The van der Waals surface area contributed by atoms with Gasteiger partial charge in [-0.2, -0.15) is 4.68 Å². The first-order valence-electron chi connectivity index (χ1n) is 7.21. The van der Waals surface area contributed by atoms with Crippen molar-refractivity contribution in [3.8, 4) is 5.82 Å². The van der Waals surface area contributed by atoms with E-state index in [0.29, 0.717) is 5.92 Å². The van der Waals surface area contributed by atoms with E-state index in [1.165, 1.54) is 0 Å². The second-order valence-corrected chi connectivity index (χ2v) is 5.50. The first-order chi connectivity index (χ1) is 10.2. The number of hydrogen-bond acceptors (Lipinski definition) is 4. The fourth-order valence-electron chi connectivity index (χ4n) is 2.21. The molecule has 0 radical (unpaired) electrons. The van der Waals surface area contributed by atoms with Gasteiger partial charge in [0.1, 0.15) is 5.52 Å². The van der Waals surface area contributed by atoms with Crippen LogP contribution in [-0.2, 0) is 6.54 Å². The summed E-state index contributed by atoms with van der Waals surface area (Å²) >= 11 is 0. The number of nitrogens with zero attached hydrogens (tertiary/aromatic N) is 4. The van der Waals surface area contributed by atoms with Gasteiger partial charge in [0.15, 0.2) is 5.82 Å². The zero-order chi connectivity index (χ0) is 14.7. The lowest BCUT2D eigenvalue weighted by Crippen LogP contribution is -2.19. The minimum Gasteiger partial charge on any atom is -0.311 e. The van der Waals surface area contributed by atoms with Crippen LogP contribution in [0.1, 0.15) is 19.5 Å². The van der Waals surface area contributed by atoms with Gasteiger partial charge in [0.2, 0.25) is 0 Å². The summed E-state index contributed by atoms with van der Waals surface area (Å²) in [4.78, 5) is 4.66. The van der Waals surface area contributed by atoms with Crippen molar-refractivity contribution in [3.63, 3.8) is 0 Å². The van der Waals surface area contributed by atoms with E-state index < -0.39 is 0 Å². The number of fused-ring (bicyclic) bond motifs is 1. The number of para-hydroxylation sites is 1. The third-order valence-corrected chi connectivity index (χ3v) is 3.22. The standard InChI is InChI=1S/C16H19N5/c1-12(2)10-17-11-13-6-5-9-16(18-13)21-15-8-4-3-7-14(15)19-20-21/h3-9,12,17H,10-11H2,1-2H3. The zero-order valence-corrected chi connectivity index (χ0v) is 12.3. The highest BCUT2D eigenvalue weighted by Gasteiger charge is 2.07. The molecule has 0 fully saturated rings. The van der Waals surface area contributed by atoms with E-state index in [-0.39, 0.29) is 0 Å². The molecule has 0 aliphatic carbocycles. The van der Waals surface area contributed by atoms with Gasteiger partial charge in [0.25, 0.3) is 0 Å². The maximum atomic E-state index is 4.66. The molecule has 108 valence electrons. The van der Waals surface area contributed by atoms with Crippen LogP contribution in [0.5, 0.6) is 0 Å². The Hall–Kier alpha value is -2.27. The van der Waals surface area contributed by atoms with Gasteiger partial charge < -0.3 is 5.32 Å². The van der Waals surface area contributed by atoms with Crippen LogP contribution in [0.3, 0.4) is 0 Å². The molecule has 5 heteroatoms. The minimum absolute atomic E-state index is 0.632. The first-order valence-corrected chi connectivity index (χ1v) is 7.21. The number of rotatable bonds is 5. The Labute approximate surface area is 124 Å². The maximum Gasteiger partial charge on any atom is 0.156 e. The van der Waals surface area contributed by atoms with Gasteiger partial charge in [-0.05, 0) is 36.7 Å². The molecule has 3 rings (SSSR count). The summed E-state index contributed by atoms with van der Waals surface area (Å²) in [5.74, 6) is 1.43. The summed E-state index contributed by atoms with van der Waals surface area (Å²) in [6, 6.07) is 13.9. The Bertz CT molecular complexity index is 732. The highest BCUT2D eigenvalue weighted by Crippen LogP contribution is 2.14. The largest absolute Gasteiger partial charge is 0.311 e. The average Bonchev–Trinajstić information content (AvgIpc) is 2.91. The van der Waals surface area contributed by atoms with Gasteiger partial charge in [0.05, 0.1) is 11.2 Å². The highest BCUT2D eigenvalue weighted by molar-refractivity contribution is 5.75. The van der Waals surface area contributed by atoms with E-state index in [4.69, 9.17) is 0 Å². The Kier molecular flexibility index (Phi) is 3.92. The minimum atomic E-state index is 0.632. The molecular weight excluding hydrogens is 262 g/mol. The maximum absolute atomic E-state index is 4.66. The van der Waals surface area contributed by atoms with Crippen molar-refractivity contribution in [2.45, 2.75) is 20.4 Å². The van der Waals surface area contributed by atoms with Crippen molar-refractivity contribution in [2.24, 2.45) is 5.92 Å². The second kappa shape index (κ2) is 6.01. The van der Waals surface area contributed by atoms with Gasteiger partial charge in [-0.15, -0.1) is 5.10 Å². The molecule has 0 atom stereocenters. The molecule has 0 bridgehead atoms. The third kappa shape index (κ3) is 3.08. The van der Waals surface area contributed by atoms with Crippen molar-refractivity contribution in [1.82, 2.24) is 25.3 Å². The SMILES string of the molecule is CC(C)CNCc1cccc(-n2nnc3ccccc32)n1. The van der Waals surface area contributed by atoms with E-state index in [2.05, 4.69) is 34.5 Å². The van der Waals surface area contributed by atoms with Crippen LogP contribution in [0.4, 0.5) is 0 Å². The van der Waals surface area contributed by atoms with Crippen molar-refractivity contribution < 1.29 is 0 Å². The van der Waals surface area contributed by atoms with Crippen LogP contribution < -0.4 is 5.32 Å². The van der Waals surface area contributed by atoms with Crippen LogP contribution in [0, 0.1) is 5.92 Å². The van der Waals surface area contributed by atoms with Crippen LogP contribution in [-0.4, -0.2) is 26.5 Å². The van der Waals surface area contributed by atoms with Crippen molar-refractivity contribution in [2.75, 3.05) is 6.54 Å². The normalized spacial score (nSPS) is 11.4. The predicted molar refractivity (Wildman–Crippen MR) is 83.2 cm³/mol. The van der Waals surface area contributed by atoms with Gasteiger partial charge in [-0.3, -0.25) is 0 Å². The quantitative estimate of drug-likeness (QED) is 0.781. The van der Waals surface area contributed by atoms with Crippen molar-refractivity contribution >= 4 is 11.0 Å². The van der Waals surface area contributed by atoms with Crippen LogP contribution >= 0.6 is 0 Å². The number of benzene rings is 1. The van der Waals surface area contributed by atoms with Crippen molar-refractivity contribution in [1.29, 1.82) is 0 Å². The fraction of sp³-hybridized carbons (Fsp3) is 0.312. The summed E-state index contributed by atoms with van der Waals surface area (Å²) in [7, 11) is 0. The average molecular weight is 281 g/mol. The monoisotopic (exact) mass is 281 g/mol. The van der Waals surface area contributed by atoms with E-state index in [9.17, 15) is 0 Å². The highest BCUT2D eigenvalue weighted by atomic mass is 15.4. The van der Waals surface area contributed by atoms with E-state index >= 15 is 0 Å². The molecule has 0 aliphatic heterocycles. The Morgan fingerprint density at radius 1 is 1.10 bits per heavy atom. The second-order valence-electron chi connectivity index (χ2n) is 5.50. The van der Waals surface area contributed by atoms with Gasteiger partial charge in [0, 0.05) is 6.54 Å². The molecule has 0 spiro atoms. The predicted octanol–water partition coefficient (Wildman–Crippen LogP) is 2.56. The number of nitrogens with one attached hydrogen (secondary N) is 1. The van der Waals surface area contributed by atoms with Crippen LogP contribution in [0.15, 0.2) is 42.5 Å². The summed E-state index contributed by atoms with van der Waals surface area (Å²) < 4.78 is 1.78. The molecule has 1 aromatic carbocycles. The fourth-order valence-corrected chi connectivity index (χ4v) is 2.21. The lowest BCUT2D eigenvalue weighted by atomic mass is 10.2. The molecule has 2 heterocycles. The van der Waals surface area contributed by atoms with Gasteiger partial charge in [-0.1, -0.05) is 37.3 Å². The first kappa shape index (κ1) is 13.7. The van der Waals surface area contributed by atoms with Gasteiger partial charge >= 0.3 is 0 Å². The molecule has 3 aromatic rings. The van der Waals surface area contributed by atoms with E-state index in [1.807, 2.05) is 42.5 Å². The smallest absolute Gasteiger partial charge is 0.156 e. The van der Waals surface area contributed by atoms with Crippen molar-refractivity contribution in [3.05, 3.63) is 48.2 Å². The summed E-state index contributed by atoms with van der Waals surface area (Å²) in [5.41, 5.74) is 2.85. The van der Waals surface area contributed by atoms with E-state index in [1.54, 1.807) is 4.68 Å². The molecule has 5 nitrogen and oxygen atoms in total. The van der Waals surface area contributed by atoms with Gasteiger partial charge in [-0.25, -0.2) is 4.98 Å². The molecule has 0 unspecified atom stereocenters. The zero-order valence-electron chi connectivity index (χ0n) is 12.3. The summed E-state index contributed by atoms with van der Waals surface area (Å²) in [5, 5.41) is 11.8. The van der Waals surface area contributed by atoms with E-state index in [0.717, 1.165) is 35.6 Å². The molecular formula is C16H19N5. The lowest BCUT2D eigenvalue weighted by molar-refractivity contribution is 0.547. The molecule has 0 amide bonds. The molecule has 1 N–H and O–H groups in total.